The Labute approximate surface area is 99.2 Å². The molecule has 0 aliphatic rings. The number of oxazole rings is 1. The van der Waals surface area contributed by atoms with Gasteiger partial charge in [0.05, 0.1) is 5.52 Å². The van der Waals surface area contributed by atoms with E-state index in [4.69, 9.17) is 10.2 Å². The lowest BCUT2D eigenvalue weighted by Gasteiger charge is -2.28. The van der Waals surface area contributed by atoms with Gasteiger partial charge in [0, 0.05) is 12.1 Å². The van der Waals surface area contributed by atoms with Gasteiger partial charge < -0.3 is 15.1 Å². The van der Waals surface area contributed by atoms with Gasteiger partial charge in [0.1, 0.15) is 0 Å². The first-order chi connectivity index (χ1) is 7.99. The van der Waals surface area contributed by atoms with Gasteiger partial charge in [-0.05, 0) is 38.7 Å². The highest BCUT2D eigenvalue weighted by atomic mass is 16.4. The van der Waals surface area contributed by atoms with E-state index in [-0.39, 0.29) is 12.1 Å². The highest BCUT2D eigenvalue weighted by Gasteiger charge is 2.19. The van der Waals surface area contributed by atoms with E-state index in [1.54, 1.807) is 0 Å². The van der Waals surface area contributed by atoms with Crippen molar-refractivity contribution in [1.82, 2.24) is 9.88 Å². The number of aromatic amines is 1. The number of nitrogens with two attached hydrogens (primary N) is 1. The molecule has 5 nitrogen and oxygen atoms in total. The summed E-state index contributed by atoms with van der Waals surface area (Å²) in [6, 6.07) is 5.75. The molecule has 5 heteroatoms. The first kappa shape index (κ1) is 11.9. The minimum atomic E-state index is -0.431. The van der Waals surface area contributed by atoms with Gasteiger partial charge in [-0.15, -0.1) is 0 Å². The summed E-state index contributed by atoms with van der Waals surface area (Å²) in [7, 11) is 3.96. The zero-order valence-electron chi connectivity index (χ0n) is 10.2. The Balaban J connectivity index is 2.50. The van der Waals surface area contributed by atoms with Crippen LogP contribution in [0.25, 0.3) is 11.1 Å². The molecule has 1 aromatic carbocycles. The topological polar surface area (TPSA) is 75.3 Å². The first-order valence-electron chi connectivity index (χ1n) is 5.54. The maximum Gasteiger partial charge on any atom is 0.417 e. The highest BCUT2D eigenvalue weighted by molar-refractivity contribution is 5.72. The third-order valence-corrected chi connectivity index (χ3v) is 2.84. The smallest absolute Gasteiger partial charge is 0.408 e. The number of benzene rings is 1. The van der Waals surface area contributed by atoms with Crippen LogP contribution in [0.5, 0.6) is 0 Å². The summed E-state index contributed by atoms with van der Waals surface area (Å²) in [5.41, 5.74) is 8.30. The molecule has 0 fully saturated rings. The Morgan fingerprint density at radius 1 is 1.41 bits per heavy atom. The molecular weight excluding hydrogens is 218 g/mol. The highest BCUT2D eigenvalue weighted by Crippen LogP contribution is 2.23. The van der Waals surface area contributed by atoms with Crippen LogP contribution in [0.2, 0.25) is 0 Å². The van der Waals surface area contributed by atoms with Crippen LogP contribution < -0.4 is 11.5 Å². The van der Waals surface area contributed by atoms with E-state index in [1.165, 1.54) is 0 Å². The van der Waals surface area contributed by atoms with E-state index >= 15 is 0 Å². The van der Waals surface area contributed by atoms with Crippen molar-refractivity contribution in [2.75, 3.05) is 14.1 Å². The van der Waals surface area contributed by atoms with Crippen molar-refractivity contribution >= 4 is 11.1 Å². The predicted molar refractivity (Wildman–Crippen MR) is 66.9 cm³/mol. The summed E-state index contributed by atoms with van der Waals surface area (Å²) in [6.07, 6.45) is 0. The van der Waals surface area contributed by atoms with Gasteiger partial charge >= 0.3 is 5.76 Å². The average Bonchev–Trinajstić information content (AvgIpc) is 2.56. The van der Waals surface area contributed by atoms with Gasteiger partial charge in [-0.3, -0.25) is 4.98 Å². The fraction of sp³-hybridized carbons (Fsp3) is 0.417. The second kappa shape index (κ2) is 4.35. The normalized spacial score (nSPS) is 15.4. The Hall–Kier alpha value is -1.59. The molecule has 1 heterocycles. The van der Waals surface area contributed by atoms with Gasteiger partial charge in [0.15, 0.2) is 5.58 Å². The largest absolute Gasteiger partial charge is 0.417 e. The number of hydrogen-bond acceptors (Lipinski definition) is 4. The van der Waals surface area contributed by atoms with Crippen molar-refractivity contribution in [1.29, 1.82) is 0 Å². The van der Waals surface area contributed by atoms with E-state index in [0.717, 1.165) is 5.56 Å². The standard InChI is InChI=1S/C12H17N3O2/c1-7(13)11(15(2)3)8-4-5-9-10(6-8)17-12(16)14-9/h4-7,11H,13H2,1-3H3,(H,14,16). The van der Waals surface area contributed by atoms with Gasteiger partial charge in [0.2, 0.25) is 0 Å². The molecule has 2 unspecified atom stereocenters. The van der Waals surface area contributed by atoms with Crippen LogP contribution >= 0.6 is 0 Å². The van der Waals surface area contributed by atoms with Crippen molar-refractivity contribution in [3.8, 4) is 0 Å². The zero-order valence-corrected chi connectivity index (χ0v) is 10.2. The fourth-order valence-electron chi connectivity index (χ4n) is 2.22. The summed E-state index contributed by atoms with van der Waals surface area (Å²) >= 11 is 0. The molecule has 0 saturated carbocycles. The molecule has 1 aromatic heterocycles. The third kappa shape index (κ3) is 2.25. The lowest BCUT2D eigenvalue weighted by atomic mass is 10.00. The summed E-state index contributed by atoms with van der Waals surface area (Å²) in [5, 5.41) is 0. The predicted octanol–water partition coefficient (Wildman–Crippen LogP) is 1.07. The Bertz CT molecular complexity index is 560. The maximum atomic E-state index is 11.1. The van der Waals surface area contributed by atoms with E-state index in [1.807, 2.05) is 39.2 Å². The van der Waals surface area contributed by atoms with Crippen LogP contribution in [0.4, 0.5) is 0 Å². The molecule has 0 amide bonds. The Morgan fingerprint density at radius 3 is 2.71 bits per heavy atom. The molecular formula is C12H17N3O2. The van der Waals surface area contributed by atoms with E-state index < -0.39 is 5.76 Å². The molecule has 0 aliphatic carbocycles. The summed E-state index contributed by atoms with van der Waals surface area (Å²) in [5.74, 6) is -0.431. The second-order valence-corrected chi connectivity index (χ2v) is 4.54. The van der Waals surface area contributed by atoms with Crippen molar-refractivity contribution in [3.63, 3.8) is 0 Å². The number of nitrogens with one attached hydrogen (secondary N) is 1. The van der Waals surface area contributed by atoms with Gasteiger partial charge in [-0.1, -0.05) is 6.07 Å². The van der Waals surface area contributed by atoms with Gasteiger partial charge in [0.25, 0.3) is 0 Å². The molecule has 2 rings (SSSR count). The van der Waals surface area contributed by atoms with Crippen LogP contribution in [-0.2, 0) is 0 Å². The number of fused-ring (bicyclic) bond motifs is 1. The molecule has 0 bridgehead atoms. The molecule has 2 atom stereocenters. The van der Waals surface area contributed by atoms with Crippen LogP contribution in [-0.4, -0.2) is 30.0 Å². The zero-order chi connectivity index (χ0) is 12.6. The SMILES string of the molecule is CC(N)C(c1ccc2[nH]c(=O)oc2c1)N(C)C. The quantitative estimate of drug-likeness (QED) is 0.834. The van der Waals surface area contributed by atoms with Crippen LogP contribution in [0.3, 0.4) is 0 Å². The van der Waals surface area contributed by atoms with Gasteiger partial charge in [-0.2, -0.15) is 0 Å². The van der Waals surface area contributed by atoms with E-state index in [9.17, 15) is 4.79 Å². The summed E-state index contributed by atoms with van der Waals surface area (Å²) in [4.78, 5) is 15.7. The molecule has 2 aromatic rings. The number of nitrogens with zero attached hydrogens (tertiary/aromatic N) is 1. The fourth-order valence-corrected chi connectivity index (χ4v) is 2.22. The van der Waals surface area contributed by atoms with E-state index in [0.29, 0.717) is 11.1 Å². The number of H-pyrrole nitrogens is 1. The van der Waals surface area contributed by atoms with Crippen LogP contribution in [0.1, 0.15) is 18.5 Å². The number of likely N-dealkylation sites (N-methyl/N-ethyl adjacent to an activating group) is 1. The van der Waals surface area contributed by atoms with Gasteiger partial charge in [-0.25, -0.2) is 4.79 Å². The Morgan fingerprint density at radius 2 is 2.12 bits per heavy atom. The summed E-state index contributed by atoms with van der Waals surface area (Å²) in [6.45, 7) is 1.96. The van der Waals surface area contributed by atoms with Crippen molar-refractivity contribution < 1.29 is 4.42 Å². The second-order valence-electron chi connectivity index (χ2n) is 4.54. The van der Waals surface area contributed by atoms with Crippen LogP contribution in [0, 0.1) is 0 Å². The third-order valence-electron chi connectivity index (χ3n) is 2.84. The number of rotatable bonds is 3. The lowest BCUT2D eigenvalue weighted by Crippen LogP contribution is -2.34. The maximum absolute atomic E-state index is 11.1. The molecule has 92 valence electrons. The lowest BCUT2D eigenvalue weighted by molar-refractivity contribution is 0.266. The molecule has 0 aliphatic heterocycles. The minimum Gasteiger partial charge on any atom is -0.408 e. The molecule has 0 spiro atoms. The first-order valence-corrected chi connectivity index (χ1v) is 5.54. The van der Waals surface area contributed by atoms with Crippen LogP contribution in [0.15, 0.2) is 27.4 Å². The minimum absolute atomic E-state index is 0.00638. The molecule has 3 N–H and O–H groups in total. The van der Waals surface area contributed by atoms with E-state index in [2.05, 4.69) is 9.88 Å². The number of aromatic nitrogens is 1. The average molecular weight is 235 g/mol. The monoisotopic (exact) mass is 235 g/mol. The summed E-state index contributed by atoms with van der Waals surface area (Å²) < 4.78 is 5.05. The van der Waals surface area contributed by atoms with Crippen molar-refractivity contribution in [2.24, 2.45) is 5.73 Å². The number of hydrogen-bond donors (Lipinski definition) is 2. The molecule has 0 saturated heterocycles. The van der Waals surface area contributed by atoms with Crippen molar-refractivity contribution in [3.05, 3.63) is 34.3 Å². The molecule has 0 radical (unpaired) electrons. The molecule has 17 heavy (non-hydrogen) atoms. The Kier molecular flexibility index (Phi) is 3.04. The van der Waals surface area contributed by atoms with Crippen molar-refractivity contribution in [2.45, 2.75) is 19.0 Å².